The van der Waals surface area contributed by atoms with E-state index in [1.54, 1.807) is 0 Å². The van der Waals surface area contributed by atoms with Gasteiger partial charge in [-0.1, -0.05) is 30.3 Å². The summed E-state index contributed by atoms with van der Waals surface area (Å²) >= 11 is 0. The highest BCUT2D eigenvalue weighted by Gasteiger charge is 2.38. The molecular formula is C16H24N2O3S. The standard InChI is InChI=1S/C16H24N2O3S/c1-12-10-18(11-13(2)21-12)22(19,20)17-16(15-8-9-15)14-6-4-3-5-7-14/h3-7,12-13,15-17H,8-11H2,1-2H3/t12-,13-,16-/m1/s1. The molecule has 0 unspecified atom stereocenters. The van der Waals surface area contributed by atoms with E-state index in [1.807, 2.05) is 44.2 Å². The lowest BCUT2D eigenvalue weighted by atomic mass is 10.0. The molecule has 3 atom stereocenters. The molecule has 0 bridgehead atoms. The minimum Gasteiger partial charge on any atom is -0.373 e. The van der Waals surface area contributed by atoms with Gasteiger partial charge in [0, 0.05) is 13.1 Å². The number of hydrogen-bond donors (Lipinski definition) is 1. The lowest BCUT2D eigenvalue weighted by Gasteiger charge is -2.35. The monoisotopic (exact) mass is 324 g/mol. The second-order valence-electron chi connectivity index (χ2n) is 6.42. The summed E-state index contributed by atoms with van der Waals surface area (Å²) in [6.45, 7) is 4.64. The molecule has 1 heterocycles. The SMILES string of the molecule is C[C@@H]1CN(S(=O)(=O)N[C@H](c2ccccc2)C2CC2)C[C@@H](C)O1. The van der Waals surface area contributed by atoms with Crippen LogP contribution in [0.25, 0.3) is 0 Å². The summed E-state index contributed by atoms with van der Waals surface area (Å²) in [6, 6.07) is 9.73. The number of benzene rings is 1. The van der Waals surface area contributed by atoms with Gasteiger partial charge in [0.05, 0.1) is 18.2 Å². The van der Waals surface area contributed by atoms with Crippen molar-refractivity contribution >= 4 is 10.2 Å². The maximum Gasteiger partial charge on any atom is 0.280 e. The Hall–Kier alpha value is -0.950. The molecule has 1 aliphatic carbocycles. The van der Waals surface area contributed by atoms with E-state index < -0.39 is 10.2 Å². The lowest BCUT2D eigenvalue weighted by molar-refractivity contribution is -0.0444. The third-order valence-corrected chi connectivity index (χ3v) is 5.78. The van der Waals surface area contributed by atoms with Crippen LogP contribution >= 0.6 is 0 Å². The number of ether oxygens (including phenoxy) is 1. The highest BCUT2D eigenvalue weighted by molar-refractivity contribution is 7.87. The Bertz CT molecular complexity index is 591. The highest BCUT2D eigenvalue weighted by Crippen LogP contribution is 2.41. The minimum atomic E-state index is -3.50. The van der Waals surface area contributed by atoms with Crippen LogP contribution < -0.4 is 4.72 Å². The van der Waals surface area contributed by atoms with Crippen LogP contribution in [0.3, 0.4) is 0 Å². The number of rotatable bonds is 5. The molecule has 3 rings (SSSR count). The van der Waals surface area contributed by atoms with Crippen LogP contribution in [0.5, 0.6) is 0 Å². The van der Waals surface area contributed by atoms with Gasteiger partial charge in [0.25, 0.3) is 10.2 Å². The predicted octanol–water partition coefficient (Wildman–Crippen LogP) is 2.08. The van der Waals surface area contributed by atoms with Gasteiger partial charge in [-0.3, -0.25) is 0 Å². The molecule has 2 fully saturated rings. The van der Waals surface area contributed by atoms with Crippen molar-refractivity contribution in [3.05, 3.63) is 35.9 Å². The van der Waals surface area contributed by atoms with E-state index in [9.17, 15) is 8.42 Å². The third-order valence-electron chi connectivity index (χ3n) is 4.25. The van der Waals surface area contributed by atoms with E-state index in [4.69, 9.17) is 4.74 Å². The number of hydrogen-bond acceptors (Lipinski definition) is 3. The molecule has 1 saturated carbocycles. The Morgan fingerprint density at radius 2 is 1.73 bits per heavy atom. The maximum atomic E-state index is 12.8. The fourth-order valence-corrected chi connectivity index (χ4v) is 4.70. The van der Waals surface area contributed by atoms with Crippen molar-refractivity contribution in [2.45, 2.75) is 44.9 Å². The van der Waals surface area contributed by atoms with E-state index >= 15 is 0 Å². The largest absolute Gasteiger partial charge is 0.373 e. The van der Waals surface area contributed by atoms with E-state index in [0.29, 0.717) is 19.0 Å². The number of nitrogens with zero attached hydrogens (tertiary/aromatic N) is 1. The van der Waals surface area contributed by atoms with Crippen molar-refractivity contribution < 1.29 is 13.2 Å². The maximum absolute atomic E-state index is 12.8. The van der Waals surface area contributed by atoms with Crippen LogP contribution in [0.2, 0.25) is 0 Å². The lowest BCUT2D eigenvalue weighted by Crippen LogP contribution is -2.52. The van der Waals surface area contributed by atoms with Gasteiger partial charge in [-0.2, -0.15) is 17.4 Å². The molecule has 2 aliphatic rings. The first-order valence-electron chi connectivity index (χ1n) is 7.93. The average Bonchev–Trinajstić information content (AvgIpc) is 3.29. The quantitative estimate of drug-likeness (QED) is 0.902. The van der Waals surface area contributed by atoms with Crippen LogP contribution in [0, 0.1) is 5.92 Å². The van der Waals surface area contributed by atoms with Crippen LogP contribution in [-0.4, -0.2) is 38.0 Å². The van der Waals surface area contributed by atoms with Crippen molar-refractivity contribution in [1.29, 1.82) is 0 Å². The molecule has 122 valence electrons. The zero-order chi connectivity index (χ0) is 15.7. The van der Waals surface area contributed by atoms with E-state index in [1.165, 1.54) is 4.31 Å². The molecule has 6 heteroatoms. The molecule has 0 amide bonds. The molecule has 1 aliphatic heterocycles. The molecule has 5 nitrogen and oxygen atoms in total. The Morgan fingerprint density at radius 1 is 1.14 bits per heavy atom. The first kappa shape index (κ1) is 15.9. The van der Waals surface area contributed by atoms with Crippen LogP contribution in [0.15, 0.2) is 30.3 Å². The third kappa shape index (κ3) is 3.68. The van der Waals surface area contributed by atoms with E-state index in [0.717, 1.165) is 18.4 Å². The van der Waals surface area contributed by atoms with Crippen molar-refractivity contribution in [2.75, 3.05) is 13.1 Å². The first-order chi connectivity index (χ1) is 10.5. The Morgan fingerprint density at radius 3 is 2.27 bits per heavy atom. The molecule has 1 aromatic rings. The van der Waals surface area contributed by atoms with Gasteiger partial charge in [-0.25, -0.2) is 0 Å². The summed E-state index contributed by atoms with van der Waals surface area (Å²) in [4.78, 5) is 0. The van der Waals surface area contributed by atoms with E-state index in [-0.39, 0.29) is 18.2 Å². The van der Waals surface area contributed by atoms with Crippen LogP contribution in [0.4, 0.5) is 0 Å². The van der Waals surface area contributed by atoms with Crippen LogP contribution in [0.1, 0.15) is 38.3 Å². The molecule has 0 aromatic heterocycles. The van der Waals surface area contributed by atoms with Gasteiger partial charge in [-0.05, 0) is 38.2 Å². The van der Waals surface area contributed by atoms with Crippen molar-refractivity contribution in [2.24, 2.45) is 5.92 Å². The molecule has 0 radical (unpaired) electrons. The zero-order valence-electron chi connectivity index (χ0n) is 13.1. The summed E-state index contributed by atoms with van der Waals surface area (Å²) < 4.78 is 35.6. The van der Waals surface area contributed by atoms with Gasteiger partial charge in [0.15, 0.2) is 0 Å². The Balaban J connectivity index is 1.77. The summed E-state index contributed by atoms with van der Waals surface area (Å²) in [7, 11) is -3.50. The molecule has 22 heavy (non-hydrogen) atoms. The molecule has 1 N–H and O–H groups in total. The normalized spacial score (nSPS) is 28.5. The first-order valence-corrected chi connectivity index (χ1v) is 9.37. The fraction of sp³-hybridized carbons (Fsp3) is 0.625. The average molecular weight is 324 g/mol. The Kier molecular flexibility index (Phi) is 4.54. The van der Waals surface area contributed by atoms with Crippen molar-refractivity contribution in [1.82, 2.24) is 9.03 Å². The highest BCUT2D eigenvalue weighted by atomic mass is 32.2. The van der Waals surface area contributed by atoms with E-state index in [2.05, 4.69) is 4.72 Å². The molecular weight excluding hydrogens is 300 g/mol. The molecule has 1 aromatic carbocycles. The summed E-state index contributed by atoms with van der Waals surface area (Å²) in [5, 5.41) is 0. The summed E-state index contributed by atoms with van der Waals surface area (Å²) in [5.74, 6) is 0.410. The molecule has 1 saturated heterocycles. The van der Waals surface area contributed by atoms with Gasteiger partial charge in [0.1, 0.15) is 0 Å². The van der Waals surface area contributed by atoms with Gasteiger partial charge in [0.2, 0.25) is 0 Å². The smallest absolute Gasteiger partial charge is 0.280 e. The number of nitrogens with one attached hydrogen (secondary N) is 1. The predicted molar refractivity (Wildman–Crippen MR) is 85.5 cm³/mol. The second-order valence-corrected chi connectivity index (χ2v) is 8.13. The van der Waals surface area contributed by atoms with Gasteiger partial charge >= 0.3 is 0 Å². The van der Waals surface area contributed by atoms with Crippen molar-refractivity contribution in [3.63, 3.8) is 0 Å². The topological polar surface area (TPSA) is 58.6 Å². The molecule has 0 spiro atoms. The van der Waals surface area contributed by atoms with Crippen molar-refractivity contribution in [3.8, 4) is 0 Å². The minimum absolute atomic E-state index is 0.0728. The van der Waals surface area contributed by atoms with Gasteiger partial charge < -0.3 is 4.74 Å². The summed E-state index contributed by atoms with van der Waals surface area (Å²) in [5.41, 5.74) is 1.04. The second kappa shape index (κ2) is 6.28. The van der Waals surface area contributed by atoms with Crippen LogP contribution in [-0.2, 0) is 14.9 Å². The fourth-order valence-electron chi connectivity index (χ4n) is 3.09. The zero-order valence-corrected chi connectivity index (χ0v) is 13.9. The number of morpholine rings is 1. The Labute approximate surface area is 132 Å². The summed E-state index contributed by atoms with van der Waals surface area (Å²) in [6.07, 6.45) is 2.02. The van der Waals surface area contributed by atoms with Gasteiger partial charge in [-0.15, -0.1) is 0 Å².